The number of hydrogen-bond acceptors (Lipinski definition) is 7. The second-order valence-corrected chi connectivity index (χ2v) is 7.56. The van der Waals surface area contributed by atoms with E-state index >= 15 is 0 Å². The van der Waals surface area contributed by atoms with Crippen molar-refractivity contribution in [1.29, 1.82) is 0 Å². The number of anilines is 1. The number of carbonyl (C=O) groups excluding carboxylic acids is 1. The van der Waals surface area contributed by atoms with Crippen molar-refractivity contribution in [2.75, 3.05) is 11.1 Å². The number of ether oxygens (including phenoxy) is 1. The van der Waals surface area contributed by atoms with Crippen LogP contribution in [-0.2, 0) is 17.9 Å². The molecule has 2 aromatic carbocycles. The molecule has 1 aromatic heterocycles. The van der Waals surface area contributed by atoms with Crippen molar-refractivity contribution in [3.05, 3.63) is 82.1 Å². The number of nitrogens with zero attached hydrogens (tertiary/aromatic N) is 4. The summed E-state index contributed by atoms with van der Waals surface area (Å²) in [6, 6.07) is 12.6. The summed E-state index contributed by atoms with van der Waals surface area (Å²) in [7, 11) is 0. The van der Waals surface area contributed by atoms with Gasteiger partial charge in [-0.1, -0.05) is 29.4 Å². The third-order valence-corrected chi connectivity index (χ3v) is 5.20. The molecule has 1 heterocycles. The Morgan fingerprint density at radius 2 is 1.94 bits per heavy atom. The first-order valence-corrected chi connectivity index (χ1v) is 10.4. The molecule has 1 N–H and O–H groups in total. The fourth-order valence-corrected chi connectivity index (χ4v) is 3.41. The molecule has 0 bridgehead atoms. The number of hydrogen-bond donors (Lipinski definition) is 1. The van der Waals surface area contributed by atoms with Crippen LogP contribution in [0.5, 0.6) is 5.75 Å². The number of halogens is 1. The number of nitrogens with one attached hydrogen (secondary N) is 1. The third kappa shape index (κ3) is 6.30. The Kier molecular flexibility index (Phi) is 7.63. The first-order valence-electron chi connectivity index (χ1n) is 9.04. The molecule has 0 saturated carbocycles. The number of carbonyl (C=O) groups is 1. The summed E-state index contributed by atoms with van der Waals surface area (Å²) in [6.07, 6.45) is 1.70. The van der Waals surface area contributed by atoms with Gasteiger partial charge in [-0.15, -0.1) is 16.8 Å². The van der Waals surface area contributed by atoms with E-state index in [1.54, 1.807) is 30.3 Å². The number of allylic oxidation sites excluding steroid dienone is 1. The van der Waals surface area contributed by atoms with Crippen LogP contribution in [0.4, 0.5) is 11.4 Å². The highest BCUT2D eigenvalue weighted by atomic mass is 35.5. The number of benzene rings is 2. The summed E-state index contributed by atoms with van der Waals surface area (Å²) >= 11 is 7.09. The lowest BCUT2D eigenvalue weighted by Gasteiger charge is -2.09. The lowest BCUT2D eigenvalue weighted by Crippen LogP contribution is -2.15. The number of non-ortho nitro benzene ring substituents is 1. The van der Waals surface area contributed by atoms with Gasteiger partial charge in [0.05, 0.1) is 10.7 Å². The molecule has 3 rings (SSSR count). The fourth-order valence-electron chi connectivity index (χ4n) is 2.52. The number of nitro groups is 1. The van der Waals surface area contributed by atoms with Gasteiger partial charge < -0.3 is 10.1 Å². The largest absolute Gasteiger partial charge is 0.486 e. The number of nitro benzene ring substituents is 1. The summed E-state index contributed by atoms with van der Waals surface area (Å²) in [5, 5.41) is 22.9. The maximum Gasteiger partial charge on any atom is 0.269 e. The quantitative estimate of drug-likeness (QED) is 0.208. The van der Waals surface area contributed by atoms with E-state index in [1.807, 2.05) is 4.57 Å². The van der Waals surface area contributed by atoms with Crippen LogP contribution >= 0.6 is 23.4 Å². The summed E-state index contributed by atoms with van der Waals surface area (Å²) in [4.78, 5) is 22.4. The van der Waals surface area contributed by atoms with Gasteiger partial charge in [-0.3, -0.25) is 19.5 Å². The van der Waals surface area contributed by atoms with Crippen molar-refractivity contribution in [1.82, 2.24) is 14.8 Å². The van der Waals surface area contributed by atoms with Crippen molar-refractivity contribution >= 4 is 40.6 Å². The molecular formula is C20H18ClN5O4S. The molecule has 0 atom stereocenters. The standard InChI is InChI=1S/C20H18ClN5O4S/c1-2-11-25-18(12-30-17-9-3-14(21)4-10-17)23-24-20(25)31-13-19(27)22-15-5-7-16(8-6-15)26(28)29/h2-10H,1,11-13H2,(H,22,27). The van der Waals surface area contributed by atoms with Gasteiger partial charge >= 0.3 is 0 Å². The molecule has 9 nitrogen and oxygen atoms in total. The first kappa shape index (κ1) is 22.3. The van der Waals surface area contributed by atoms with Gasteiger partial charge in [0.2, 0.25) is 5.91 Å². The zero-order chi connectivity index (χ0) is 22.2. The summed E-state index contributed by atoms with van der Waals surface area (Å²) in [5.41, 5.74) is 0.430. The van der Waals surface area contributed by atoms with Gasteiger partial charge in [-0.25, -0.2) is 0 Å². The maximum atomic E-state index is 12.2. The Bertz CT molecular complexity index is 1070. The number of amides is 1. The molecule has 0 fully saturated rings. The van der Waals surface area contributed by atoms with E-state index < -0.39 is 4.92 Å². The number of thioether (sulfide) groups is 1. The fraction of sp³-hybridized carbons (Fsp3) is 0.150. The molecule has 3 aromatic rings. The summed E-state index contributed by atoms with van der Waals surface area (Å²) in [6.45, 7) is 4.40. The second kappa shape index (κ2) is 10.6. The van der Waals surface area contributed by atoms with Crippen LogP contribution < -0.4 is 10.1 Å². The molecule has 0 aliphatic carbocycles. The minimum absolute atomic E-state index is 0.0433. The smallest absolute Gasteiger partial charge is 0.269 e. The van der Waals surface area contributed by atoms with Gasteiger partial charge in [-0.05, 0) is 36.4 Å². The minimum atomic E-state index is -0.498. The van der Waals surface area contributed by atoms with Crippen LogP contribution in [-0.4, -0.2) is 31.3 Å². The molecule has 1 amide bonds. The Morgan fingerprint density at radius 3 is 2.58 bits per heavy atom. The third-order valence-electron chi connectivity index (χ3n) is 3.98. The Balaban J connectivity index is 1.58. The van der Waals surface area contributed by atoms with Crippen LogP contribution in [0.15, 0.2) is 66.3 Å². The normalized spacial score (nSPS) is 10.5. The van der Waals surface area contributed by atoms with E-state index in [9.17, 15) is 14.9 Å². The average Bonchev–Trinajstić information content (AvgIpc) is 3.14. The zero-order valence-corrected chi connectivity index (χ0v) is 17.8. The van der Waals surface area contributed by atoms with Crippen LogP contribution in [0.25, 0.3) is 0 Å². The lowest BCUT2D eigenvalue weighted by molar-refractivity contribution is -0.384. The predicted molar refractivity (Wildman–Crippen MR) is 118 cm³/mol. The SMILES string of the molecule is C=CCn1c(COc2ccc(Cl)cc2)nnc1SCC(=O)Nc1ccc([N+](=O)[O-])cc1. The van der Waals surface area contributed by atoms with Gasteiger partial charge in [0, 0.05) is 29.4 Å². The molecule has 0 saturated heterocycles. The monoisotopic (exact) mass is 459 g/mol. The van der Waals surface area contributed by atoms with Crippen LogP contribution in [0.2, 0.25) is 5.02 Å². The zero-order valence-electron chi connectivity index (χ0n) is 16.2. The van der Waals surface area contributed by atoms with Crippen LogP contribution in [0.3, 0.4) is 0 Å². The van der Waals surface area contributed by atoms with Crippen molar-refractivity contribution in [2.45, 2.75) is 18.3 Å². The van der Waals surface area contributed by atoms with E-state index in [2.05, 4.69) is 22.1 Å². The molecule has 160 valence electrons. The minimum Gasteiger partial charge on any atom is -0.486 e. The molecule has 0 spiro atoms. The number of aromatic nitrogens is 3. The molecule has 0 aliphatic rings. The Hall–Kier alpha value is -3.37. The summed E-state index contributed by atoms with van der Waals surface area (Å²) < 4.78 is 7.54. The molecule has 0 radical (unpaired) electrons. The average molecular weight is 460 g/mol. The first-order chi connectivity index (χ1) is 15.0. The van der Waals surface area contributed by atoms with Gasteiger partial charge in [0.15, 0.2) is 11.0 Å². The van der Waals surface area contributed by atoms with Crippen molar-refractivity contribution < 1.29 is 14.5 Å². The van der Waals surface area contributed by atoms with E-state index in [4.69, 9.17) is 16.3 Å². The van der Waals surface area contributed by atoms with Gasteiger partial charge in [0.25, 0.3) is 5.69 Å². The molecule has 0 aliphatic heterocycles. The van der Waals surface area contributed by atoms with Crippen LogP contribution in [0.1, 0.15) is 5.82 Å². The molecule has 0 unspecified atom stereocenters. The summed E-state index contributed by atoms with van der Waals surface area (Å²) in [5.74, 6) is 1.05. The predicted octanol–water partition coefficient (Wildman–Crippen LogP) is 4.34. The van der Waals surface area contributed by atoms with E-state index in [0.29, 0.717) is 34.0 Å². The maximum absolute atomic E-state index is 12.2. The van der Waals surface area contributed by atoms with Crippen molar-refractivity contribution in [2.24, 2.45) is 0 Å². The Morgan fingerprint density at radius 1 is 1.23 bits per heavy atom. The van der Waals surface area contributed by atoms with Crippen LogP contribution in [0, 0.1) is 10.1 Å². The second-order valence-electron chi connectivity index (χ2n) is 6.18. The topological polar surface area (TPSA) is 112 Å². The van der Waals surface area contributed by atoms with Crippen molar-refractivity contribution in [3.8, 4) is 5.75 Å². The van der Waals surface area contributed by atoms with E-state index in [1.165, 1.54) is 36.0 Å². The molecule has 11 heteroatoms. The lowest BCUT2D eigenvalue weighted by atomic mass is 10.3. The van der Waals surface area contributed by atoms with Gasteiger partial charge in [0.1, 0.15) is 12.4 Å². The van der Waals surface area contributed by atoms with E-state index in [0.717, 1.165) is 0 Å². The van der Waals surface area contributed by atoms with Crippen molar-refractivity contribution in [3.63, 3.8) is 0 Å². The molecule has 31 heavy (non-hydrogen) atoms. The highest BCUT2D eigenvalue weighted by molar-refractivity contribution is 7.99. The van der Waals surface area contributed by atoms with E-state index in [-0.39, 0.29) is 24.0 Å². The van der Waals surface area contributed by atoms with Gasteiger partial charge in [-0.2, -0.15) is 0 Å². The number of rotatable bonds is 10. The highest BCUT2D eigenvalue weighted by Crippen LogP contribution is 2.21. The molecular weight excluding hydrogens is 442 g/mol. The highest BCUT2D eigenvalue weighted by Gasteiger charge is 2.14. The Labute approximate surface area is 187 Å².